The second-order valence-electron chi connectivity index (χ2n) is 2.71. The Balaban J connectivity index is 2.34. The summed E-state index contributed by atoms with van der Waals surface area (Å²) in [5, 5.41) is 6.47. The zero-order chi connectivity index (χ0) is 7.68. The van der Waals surface area contributed by atoms with Crippen molar-refractivity contribution in [3.05, 3.63) is 12.5 Å². The molecule has 11 heavy (non-hydrogen) atoms. The van der Waals surface area contributed by atoms with E-state index in [-0.39, 0.29) is 0 Å². The number of hydrogen-bond donors (Lipinski definition) is 2. The molecule has 0 aromatic carbocycles. The van der Waals surface area contributed by atoms with Gasteiger partial charge in [0.2, 0.25) is 0 Å². The summed E-state index contributed by atoms with van der Waals surface area (Å²) in [6.07, 6.45) is 3.33. The standard InChI is InChI=1S/C7H10N4/c1-5-2-9-7-6(11-5)3-8-4-10-7/h3-5,11H,2H2,1H3,(H,8,9,10)/t5-/m0/s1. The molecule has 1 aliphatic heterocycles. The molecule has 0 unspecified atom stereocenters. The Labute approximate surface area is 65.1 Å². The molecule has 4 heteroatoms. The molecule has 1 aromatic heterocycles. The summed E-state index contributed by atoms with van der Waals surface area (Å²) >= 11 is 0. The van der Waals surface area contributed by atoms with Crippen LogP contribution in [-0.2, 0) is 0 Å². The van der Waals surface area contributed by atoms with Crippen molar-refractivity contribution >= 4 is 11.5 Å². The number of nitrogens with one attached hydrogen (secondary N) is 2. The van der Waals surface area contributed by atoms with Gasteiger partial charge in [-0.25, -0.2) is 9.97 Å². The molecule has 0 fully saturated rings. The predicted molar refractivity (Wildman–Crippen MR) is 43.6 cm³/mol. The van der Waals surface area contributed by atoms with Crippen LogP contribution in [-0.4, -0.2) is 22.6 Å². The van der Waals surface area contributed by atoms with Crippen molar-refractivity contribution in [3.8, 4) is 0 Å². The Morgan fingerprint density at radius 3 is 3.45 bits per heavy atom. The summed E-state index contributed by atoms with van der Waals surface area (Å²) in [6.45, 7) is 3.03. The molecule has 1 atom stereocenters. The fraction of sp³-hybridized carbons (Fsp3) is 0.429. The summed E-state index contributed by atoms with van der Waals surface area (Å²) in [5.41, 5.74) is 0.992. The van der Waals surface area contributed by atoms with Gasteiger partial charge in [0.1, 0.15) is 6.33 Å². The van der Waals surface area contributed by atoms with Crippen molar-refractivity contribution in [1.82, 2.24) is 9.97 Å². The highest BCUT2D eigenvalue weighted by atomic mass is 15.1. The van der Waals surface area contributed by atoms with E-state index in [0.717, 1.165) is 18.1 Å². The van der Waals surface area contributed by atoms with Gasteiger partial charge in [-0.3, -0.25) is 0 Å². The Morgan fingerprint density at radius 1 is 1.64 bits per heavy atom. The van der Waals surface area contributed by atoms with Crippen LogP contribution in [0, 0.1) is 0 Å². The number of aromatic nitrogens is 2. The van der Waals surface area contributed by atoms with Gasteiger partial charge in [-0.2, -0.15) is 0 Å². The monoisotopic (exact) mass is 150 g/mol. The Hall–Kier alpha value is -1.32. The van der Waals surface area contributed by atoms with Crippen molar-refractivity contribution < 1.29 is 0 Å². The summed E-state index contributed by atoms with van der Waals surface area (Å²) in [6, 6.07) is 0.452. The van der Waals surface area contributed by atoms with Gasteiger partial charge in [-0.05, 0) is 6.92 Å². The van der Waals surface area contributed by atoms with E-state index in [4.69, 9.17) is 0 Å². The minimum absolute atomic E-state index is 0.452. The summed E-state index contributed by atoms with van der Waals surface area (Å²) in [5.74, 6) is 0.901. The average molecular weight is 150 g/mol. The van der Waals surface area contributed by atoms with E-state index < -0.39 is 0 Å². The topological polar surface area (TPSA) is 49.8 Å². The molecule has 0 radical (unpaired) electrons. The first-order chi connectivity index (χ1) is 5.36. The lowest BCUT2D eigenvalue weighted by molar-refractivity contribution is 0.806. The van der Waals surface area contributed by atoms with Gasteiger partial charge in [0.05, 0.1) is 11.9 Å². The quantitative estimate of drug-likeness (QED) is 0.571. The third-order valence-electron chi connectivity index (χ3n) is 1.69. The zero-order valence-corrected chi connectivity index (χ0v) is 6.33. The second-order valence-corrected chi connectivity index (χ2v) is 2.71. The lowest BCUT2D eigenvalue weighted by Gasteiger charge is -2.23. The molecule has 1 aliphatic rings. The molecule has 0 saturated heterocycles. The van der Waals surface area contributed by atoms with Gasteiger partial charge in [0.25, 0.3) is 0 Å². The molecule has 58 valence electrons. The fourth-order valence-corrected chi connectivity index (χ4v) is 1.14. The van der Waals surface area contributed by atoms with E-state index in [9.17, 15) is 0 Å². The van der Waals surface area contributed by atoms with Crippen LogP contribution in [0.4, 0.5) is 11.5 Å². The number of hydrogen-bond acceptors (Lipinski definition) is 4. The van der Waals surface area contributed by atoms with Gasteiger partial charge < -0.3 is 10.6 Å². The van der Waals surface area contributed by atoms with Gasteiger partial charge in [-0.15, -0.1) is 0 Å². The molecule has 4 nitrogen and oxygen atoms in total. The molecule has 0 spiro atoms. The normalized spacial score (nSPS) is 21.4. The van der Waals surface area contributed by atoms with Crippen molar-refractivity contribution in [1.29, 1.82) is 0 Å². The Kier molecular flexibility index (Phi) is 1.38. The van der Waals surface area contributed by atoms with Crippen molar-refractivity contribution in [3.63, 3.8) is 0 Å². The Bertz CT molecular complexity index is 260. The minimum Gasteiger partial charge on any atom is -0.377 e. The molecule has 0 amide bonds. The smallest absolute Gasteiger partial charge is 0.152 e. The maximum absolute atomic E-state index is 4.07. The third kappa shape index (κ3) is 1.11. The summed E-state index contributed by atoms with van der Waals surface area (Å²) < 4.78 is 0. The highest BCUT2D eigenvalue weighted by Gasteiger charge is 2.12. The van der Waals surface area contributed by atoms with E-state index in [0.29, 0.717) is 6.04 Å². The molecule has 0 bridgehead atoms. The Morgan fingerprint density at radius 2 is 2.55 bits per heavy atom. The predicted octanol–water partition coefficient (Wildman–Crippen LogP) is 0.703. The van der Waals surface area contributed by atoms with E-state index in [1.165, 1.54) is 0 Å². The highest BCUT2D eigenvalue weighted by molar-refractivity contribution is 5.65. The second kappa shape index (κ2) is 2.38. The van der Waals surface area contributed by atoms with Crippen LogP contribution in [0.15, 0.2) is 12.5 Å². The number of anilines is 2. The van der Waals surface area contributed by atoms with Crippen LogP contribution >= 0.6 is 0 Å². The van der Waals surface area contributed by atoms with Crippen LogP contribution in [0.3, 0.4) is 0 Å². The van der Waals surface area contributed by atoms with E-state index in [1.807, 2.05) is 0 Å². The number of rotatable bonds is 0. The lowest BCUT2D eigenvalue weighted by atomic mass is 10.2. The van der Waals surface area contributed by atoms with E-state index in [2.05, 4.69) is 27.5 Å². The largest absolute Gasteiger partial charge is 0.377 e. The SMILES string of the molecule is C[C@H]1CNc2ncncc2N1. The first-order valence-corrected chi connectivity index (χ1v) is 3.66. The molecule has 2 heterocycles. The maximum Gasteiger partial charge on any atom is 0.152 e. The minimum atomic E-state index is 0.452. The molecule has 2 rings (SSSR count). The van der Waals surface area contributed by atoms with E-state index in [1.54, 1.807) is 12.5 Å². The third-order valence-corrected chi connectivity index (χ3v) is 1.69. The zero-order valence-electron chi connectivity index (χ0n) is 6.33. The van der Waals surface area contributed by atoms with Crippen LogP contribution in [0.1, 0.15) is 6.92 Å². The number of nitrogens with zero attached hydrogens (tertiary/aromatic N) is 2. The lowest BCUT2D eigenvalue weighted by Crippen LogP contribution is -2.30. The first kappa shape index (κ1) is 6.39. The van der Waals surface area contributed by atoms with Gasteiger partial charge in [0, 0.05) is 12.6 Å². The van der Waals surface area contributed by atoms with Crippen molar-refractivity contribution in [2.75, 3.05) is 17.2 Å². The maximum atomic E-state index is 4.07. The average Bonchev–Trinajstić information content (AvgIpc) is 2.04. The summed E-state index contributed by atoms with van der Waals surface area (Å²) in [7, 11) is 0. The van der Waals surface area contributed by atoms with Crippen molar-refractivity contribution in [2.24, 2.45) is 0 Å². The molecule has 2 N–H and O–H groups in total. The van der Waals surface area contributed by atoms with Crippen LogP contribution in [0.25, 0.3) is 0 Å². The molecule has 0 aliphatic carbocycles. The van der Waals surface area contributed by atoms with E-state index >= 15 is 0 Å². The number of fused-ring (bicyclic) bond motifs is 1. The van der Waals surface area contributed by atoms with Gasteiger partial charge in [-0.1, -0.05) is 0 Å². The van der Waals surface area contributed by atoms with Crippen LogP contribution < -0.4 is 10.6 Å². The summed E-state index contributed by atoms with van der Waals surface area (Å²) in [4.78, 5) is 7.99. The van der Waals surface area contributed by atoms with Crippen LogP contribution in [0.5, 0.6) is 0 Å². The fourth-order valence-electron chi connectivity index (χ4n) is 1.14. The van der Waals surface area contributed by atoms with Crippen LogP contribution in [0.2, 0.25) is 0 Å². The molecule has 0 saturated carbocycles. The van der Waals surface area contributed by atoms with Gasteiger partial charge >= 0.3 is 0 Å². The van der Waals surface area contributed by atoms with Gasteiger partial charge in [0.15, 0.2) is 5.82 Å². The van der Waals surface area contributed by atoms with Crippen molar-refractivity contribution in [2.45, 2.75) is 13.0 Å². The highest BCUT2D eigenvalue weighted by Crippen LogP contribution is 2.20. The molecule has 1 aromatic rings. The first-order valence-electron chi connectivity index (χ1n) is 3.66. The molecular formula is C7H10N4. The molecular weight excluding hydrogens is 140 g/mol.